The summed E-state index contributed by atoms with van der Waals surface area (Å²) in [5.41, 5.74) is 1.38. The van der Waals surface area contributed by atoms with Crippen LogP contribution in [0, 0.1) is 0 Å². The lowest BCUT2D eigenvalue weighted by Gasteiger charge is -2.18. The molecule has 0 amide bonds. The maximum atomic E-state index is 5.03. The highest BCUT2D eigenvalue weighted by Crippen LogP contribution is 2.04. The number of aliphatic imine (C=N–C) groups is 1. The van der Waals surface area contributed by atoms with Crippen LogP contribution in [-0.4, -0.2) is 39.3 Å². The van der Waals surface area contributed by atoms with Gasteiger partial charge in [-0.2, -0.15) is 0 Å². The second kappa shape index (κ2) is 10.3. The highest BCUT2D eigenvalue weighted by Gasteiger charge is 2.05. The Balaban J connectivity index is 2.23. The summed E-state index contributed by atoms with van der Waals surface area (Å²) in [7, 11) is 3.52. The van der Waals surface area contributed by atoms with Gasteiger partial charge in [0.1, 0.15) is 0 Å². The van der Waals surface area contributed by atoms with E-state index in [1.807, 2.05) is 0 Å². The lowest BCUT2D eigenvalue weighted by Crippen LogP contribution is -2.42. The third-order valence-corrected chi connectivity index (χ3v) is 3.13. The summed E-state index contributed by atoms with van der Waals surface area (Å²) in [5.74, 6) is 0.863. The second-order valence-electron chi connectivity index (χ2n) is 4.92. The summed E-state index contributed by atoms with van der Waals surface area (Å²) in [5, 5.41) is 6.70. The Labute approximate surface area is 122 Å². The molecule has 4 heteroatoms. The summed E-state index contributed by atoms with van der Waals surface area (Å²) in [6, 6.07) is 11.0. The zero-order chi connectivity index (χ0) is 14.6. The summed E-state index contributed by atoms with van der Waals surface area (Å²) >= 11 is 0. The molecule has 2 N–H and O–H groups in total. The first-order valence-corrected chi connectivity index (χ1v) is 7.26. The van der Waals surface area contributed by atoms with Crippen molar-refractivity contribution in [2.45, 2.75) is 32.2 Å². The van der Waals surface area contributed by atoms with Gasteiger partial charge in [-0.3, -0.25) is 4.99 Å². The van der Waals surface area contributed by atoms with E-state index in [1.54, 1.807) is 14.2 Å². The maximum Gasteiger partial charge on any atom is 0.191 e. The predicted molar refractivity (Wildman–Crippen MR) is 85.2 cm³/mol. The molecule has 1 atom stereocenters. The van der Waals surface area contributed by atoms with E-state index in [9.17, 15) is 0 Å². The molecule has 0 saturated carbocycles. The van der Waals surface area contributed by atoms with Crippen LogP contribution in [0.5, 0.6) is 0 Å². The Morgan fingerprint density at radius 2 is 2.05 bits per heavy atom. The van der Waals surface area contributed by atoms with Crippen molar-refractivity contribution in [3.8, 4) is 0 Å². The SMILES string of the molecule is CN=C(NCCCOC)NC(C)CCc1ccccc1. The molecule has 0 aliphatic carbocycles. The minimum absolute atomic E-state index is 0.392. The van der Waals surface area contributed by atoms with Crippen LogP contribution in [-0.2, 0) is 11.2 Å². The van der Waals surface area contributed by atoms with Gasteiger partial charge in [0.2, 0.25) is 0 Å². The van der Waals surface area contributed by atoms with Crippen LogP contribution in [0.3, 0.4) is 0 Å². The molecule has 1 unspecified atom stereocenters. The monoisotopic (exact) mass is 277 g/mol. The molecule has 1 aromatic rings. The minimum Gasteiger partial charge on any atom is -0.385 e. The standard InChI is InChI=1S/C16H27N3O/c1-14(10-11-15-8-5-4-6-9-15)19-16(17-2)18-12-7-13-20-3/h4-6,8-9,14H,7,10-13H2,1-3H3,(H2,17,18,19). The first kappa shape index (κ1) is 16.5. The van der Waals surface area contributed by atoms with Crippen LogP contribution >= 0.6 is 0 Å². The number of rotatable bonds is 8. The average Bonchev–Trinajstić information content (AvgIpc) is 2.49. The number of aryl methyl sites for hydroxylation is 1. The largest absolute Gasteiger partial charge is 0.385 e. The zero-order valence-corrected chi connectivity index (χ0v) is 12.9. The quantitative estimate of drug-likeness (QED) is 0.435. The van der Waals surface area contributed by atoms with E-state index in [-0.39, 0.29) is 0 Å². The average molecular weight is 277 g/mol. The lowest BCUT2D eigenvalue weighted by atomic mass is 10.1. The zero-order valence-electron chi connectivity index (χ0n) is 12.9. The molecule has 0 radical (unpaired) electrons. The van der Waals surface area contributed by atoms with Gasteiger partial charge >= 0.3 is 0 Å². The van der Waals surface area contributed by atoms with E-state index in [4.69, 9.17) is 4.74 Å². The van der Waals surface area contributed by atoms with Gasteiger partial charge in [-0.15, -0.1) is 0 Å². The van der Waals surface area contributed by atoms with Crippen molar-refractivity contribution in [3.05, 3.63) is 35.9 Å². The van der Waals surface area contributed by atoms with Crippen molar-refractivity contribution in [2.24, 2.45) is 4.99 Å². The highest BCUT2D eigenvalue weighted by molar-refractivity contribution is 5.79. The van der Waals surface area contributed by atoms with Crippen molar-refractivity contribution in [1.29, 1.82) is 0 Å². The molecule has 0 aliphatic heterocycles. The third-order valence-electron chi connectivity index (χ3n) is 3.13. The summed E-state index contributed by atoms with van der Waals surface area (Å²) in [6.07, 6.45) is 3.15. The first-order chi connectivity index (χ1) is 9.76. The molecule has 0 saturated heterocycles. The normalized spacial score (nSPS) is 13.1. The number of benzene rings is 1. The maximum absolute atomic E-state index is 5.03. The van der Waals surface area contributed by atoms with Crippen LogP contribution in [0.25, 0.3) is 0 Å². The molecule has 0 aliphatic rings. The van der Waals surface area contributed by atoms with E-state index in [0.29, 0.717) is 6.04 Å². The van der Waals surface area contributed by atoms with Crippen molar-refractivity contribution in [3.63, 3.8) is 0 Å². The number of nitrogens with one attached hydrogen (secondary N) is 2. The summed E-state index contributed by atoms with van der Waals surface area (Å²) in [4.78, 5) is 4.23. The van der Waals surface area contributed by atoms with Gasteiger partial charge in [-0.1, -0.05) is 30.3 Å². The molecule has 0 spiro atoms. The number of methoxy groups -OCH3 is 1. The summed E-state index contributed by atoms with van der Waals surface area (Å²) < 4.78 is 5.03. The number of nitrogens with zero attached hydrogens (tertiary/aromatic N) is 1. The smallest absolute Gasteiger partial charge is 0.191 e. The van der Waals surface area contributed by atoms with Gasteiger partial charge in [-0.25, -0.2) is 0 Å². The van der Waals surface area contributed by atoms with E-state index < -0.39 is 0 Å². The Morgan fingerprint density at radius 1 is 1.30 bits per heavy atom. The van der Waals surface area contributed by atoms with E-state index in [2.05, 4.69) is 52.9 Å². The number of guanidine groups is 1. The molecule has 20 heavy (non-hydrogen) atoms. The summed E-state index contributed by atoms with van der Waals surface area (Å²) in [6.45, 7) is 3.83. The predicted octanol–water partition coefficient (Wildman–Crippen LogP) is 2.21. The molecule has 4 nitrogen and oxygen atoms in total. The Bertz CT molecular complexity index is 379. The van der Waals surface area contributed by atoms with E-state index in [1.165, 1.54) is 5.56 Å². The number of hydrogen-bond acceptors (Lipinski definition) is 2. The third kappa shape index (κ3) is 7.14. The Kier molecular flexibility index (Phi) is 8.47. The van der Waals surface area contributed by atoms with Crippen molar-refractivity contribution in [1.82, 2.24) is 10.6 Å². The molecular weight excluding hydrogens is 250 g/mol. The highest BCUT2D eigenvalue weighted by atomic mass is 16.5. The fraction of sp³-hybridized carbons (Fsp3) is 0.562. The second-order valence-corrected chi connectivity index (χ2v) is 4.92. The number of hydrogen-bond donors (Lipinski definition) is 2. The van der Waals surface area contributed by atoms with Crippen molar-refractivity contribution in [2.75, 3.05) is 27.3 Å². The van der Waals surface area contributed by atoms with Gasteiger partial charge in [0.15, 0.2) is 5.96 Å². The van der Waals surface area contributed by atoms with Crippen LogP contribution < -0.4 is 10.6 Å². The van der Waals surface area contributed by atoms with Gasteiger partial charge < -0.3 is 15.4 Å². The molecule has 0 aromatic heterocycles. The van der Waals surface area contributed by atoms with Crippen molar-refractivity contribution >= 4 is 5.96 Å². The van der Waals surface area contributed by atoms with Gasteiger partial charge in [0.05, 0.1) is 0 Å². The van der Waals surface area contributed by atoms with Crippen LogP contribution in [0.2, 0.25) is 0 Å². The van der Waals surface area contributed by atoms with Crippen LogP contribution in [0.15, 0.2) is 35.3 Å². The molecule has 1 aromatic carbocycles. The van der Waals surface area contributed by atoms with Crippen LogP contribution in [0.1, 0.15) is 25.3 Å². The fourth-order valence-electron chi connectivity index (χ4n) is 1.95. The molecular formula is C16H27N3O. The van der Waals surface area contributed by atoms with Crippen LogP contribution in [0.4, 0.5) is 0 Å². The molecule has 0 bridgehead atoms. The Hall–Kier alpha value is -1.55. The molecule has 1 rings (SSSR count). The minimum atomic E-state index is 0.392. The van der Waals surface area contributed by atoms with Crippen molar-refractivity contribution < 1.29 is 4.74 Å². The Morgan fingerprint density at radius 3 is 2.70 bits per heavy atom. The molecule has 112 valence electrons. The van der Waals surface area contributed by atoms with Gasteiger partial charge in [0, 0.05) is 33.4 Å². The first-order valence-electron chi connectivity index (χ1n) is 7.26. The topological polar surface area (TPSA) is 45.7 Å². The van der Waals surface area contributed by atoms with Gasteiger partial charge in [-0.05, 0) is 31.7 Å². The fourth-order valence-corrected chi connectivity index (χ4v) is 1.95. The van der Waals surface area contributed by atoms with E-state index >= 15 is 0 Å². The van der Waals surface area contributed by atoms with E-state index in [0.717, 1.165) is 38.4 Å². The molecule has 0 fully saturated rings. The molecule has 0 heterocycles. The lowest BCUT2D eigenvalue weighted by molar-refractivity contribution is 0.195. The number of ether oxygens (including phenoxy) is 1. The van der Waals surface area contributed by atoms with Gasteiger partial charge in [0.25, 0.3) is 0 Å².